The summed E-state index contributed by atoms with van der Waals surface area (Å²) in [5.41, 5.74) is 0. The van der Waals surface area contributed by atoms with E-state index in [9.17, 15) is 0 Å². The maximum Gasteiger partial charge on any atom is 0.0619 e. The van der Waals surface area contributed by atoms with Gasteiger partial charge in [-0.2, -0.15) is 0 Å². The predicted molar refractivity (Wildman–Crippen MR) is 73.4 cm³/mol. The molecule has 0 aromatic carbocycles. The van der Waals surface area contributed by atoms with Gasteiger partial charge in [-0.15, -0.1) is 0 Å². The molecule has 0 aromatic rings. The molecule has 1 N–H and O–H groups in total. The summed E-state index contributed by atoms with van der Waals surface area (Å²) in [5, 5.41) is 3.68. The van der Waals surface area contributed by atoms with Gasteiger partial charge in [0, 0.05) is 37.8 Å². The first-order valence-corrected chi connectivity index (χ1v) is 7.16. The molecule has 0 spiro atoms. The zero-order valence-electron chi connectivity index (χ0n) is 12.2. The fraction of sp³-hybridized carbons (Fsp3) is 1.00. The molecule has 0 amide bonds. The Morgan fingerprint density at radius 1 is 1.35 bits per heavy atom. The molecule has 1 aliphatic rings. The molecule has 17 heavy (non-hydrogen) atoms. The van der Waals surface area contributed by atoms with Crippen molar-refractivity contribution < 1.29 is 4.74 Å². The van der Waals surface area contributed by atoms with E-state index < -0.39 is 0 Å². The summed E-state index contributed by atoms with van der Waals surface area (Å²) >= 11 is 0. The molecular weight excluding hydrogens is 212 g/mol. The topological polar surface area (TPSA) is 24.5 Å². The number of ether oxygens (including phenoxy) is 1. The van der Waals surface area contributed by atoms with E-state index in [0.717, 1.165) is 32.2 Å². The highest BCUT2D eigenvalue weighted by molar-refractivity contribution is 4.88. The van der Waals surface area contributed by atoms with Crippen LogP contribution < -0.4 is 5.32 Å². The Morgan fingerprint density at radius 2 is 2.06 bits per heavy atom. The Labute approximate surface area is 107 Å². The summed E-state index contributed by atoms with van der Waals surface area (Å²) in [4.78, 5) is 2.60. The van der Waals surface area contributed by atoms with Gasteiger partial charge in [0.05, 0.1) is 6.61 Å². The highest BCUT2D eigenvalue weighted by Gasteiger charge is 2.30. The first-order chi connectivity index (χ1) is 8.10. The molecule has 4 atom stereocenters. The Balaban J connectivity index is 2.50. The molecule has 0 saturated carbocycles. The Morgan fingerprint density at radius 3 is 2.65 bits per heavy atom. The minimum absolute atomic E-state index is 0.526. The number of hydrogen-bond acceptors (Lipinski definition) is 3. The molecule has 0 aromatic heterocycles. The standard InChI is InChI=1S/C14H30N2O/c1-6-11(3)14-9-16(12(4)8-15-14)13(5)10-17-7-2/h11-15H,6-10H2,1-5H3. The van der Waals surface area contributed by atoms with Crippen LogP contribution in [0, 0.1) is 5.92 Å². The molecule has 0 bridgehead atoms. The minimum atomic E-state index is 0.526. The molecule has 102 valence electrons. The minimum Gasteiger partial charge on any atom is -0.380 e. The summed E-state index contributed by atoms with van der Waals surface area (Å²) in [5.74, 6) is 0.754. The molecule has 3 heteroatoms. The summed E-state index contributed by atoms with van der Waals surface area (Å²) < 4.78 is 5.56. The van der Waals surface area contributed by atoms with Gasteiger partial charge < -0.3 is 10.1 Å². The Kier molecular flexibility index (Phi) is 6.45. The molecule has 1 heterocycles. The number of nitrogens with one attached hydrogen (secondary N) is 1. The third kappa shape index (κ3) is 4.23. The van der Waals surface area contributed by atoms with Gasteiger partial charge in [0.15, 0.2) is 0 Å². The molecule has 3 nitrogen and oxygen atoms in total. The van der Waals surface area contributed by atoms with Crippen LogP contribution in [0.3, 0.4) is 0 Å². The van der Waals surface area contributed by atoms with Crippen LogP contribution in [0.1, 0.15) is 41.0 Å². The maximum absolute atomic E-state index is 5.56. The fourth-order valence-electron chi connectivity index (χ4n) is 2.57. The number of rotatable bonds is 6. The number of hydrogen-bond donors (Lipinski definition) is 1. The van der Waals surface area contributed by atoms with Gasteiger partial charge in [-0.3, -0.25) is 4.90 Å². The summed E-state index contributed by atoms with van der Waals surface area (Å²) in [6, 6.07) is 1.78. The number of piperazine rings is 1. The smallest absolute Gasteiger partial charge is 0.0619 e. The van der Waals surface area contributed by atoms with Crippen molar-refractivity contribution in [1.82, 2.24) is 10.2 Å². The van der Waals surface area contributed by atoms with Crippen LogP contribution in [-0.2, 0) is 4.74 Å². The Bertz CT molecular complexity index is 210. The largest absolute Gasteiger partial charge is 0.380 e. The van der Waals surface area contributed by atoms with Crippen molar-refractivity contribution >= 4 is 0 Å². The molecule has 0 radical (unpaired) electrons. The molecule has 1 rings (SSSR count). The highest BCUT2D eigenvalue weighted by Crippen LogP contribution is 2.17. The van der Waals surface area contributed by atoms with E-state index in [1.54, 1.807) is 0 Å². The van der Waals surface area contributed by atoms with E-state index in [2.05, 4.69) is 44.8 Å². The van der Waals surface area contributed by atoms with E-state index in [1.807, 2.05) is 0 Å². The lowest BCUT2D eigenvalue weighted by Crippen LogP contribution is -2.60. The highest BCUT2D eigenvalue weighted by atomic mass is 16.5. The second-order valence-corrected chi connectivity index (χ2v) is 5.45. The van der Waals surface area contributed by atoms with E-state index in [-0.39, 0.29) is 0 Å². The van der Waals surface area contributed by atoms with Gasteiger partial charge in [0.25, 0.3) is 0 Å². The number of nitrogens with zero attached hydrogens (tertiary/aromatic N) is 1. The van der Waals surface area contributed by atoms with Gasteiger partial charge in [-0.05, 0) is 26.7 Å². The van der Waals surface area contributed by atoms with Crippen LogP contribution in [0.15, 0.2) is 0 Å². The quantitative estimate of drug-likeness (QED) is 0.772. The SMILES string of the molecule is CCOCC(C)N1CC(C(C)CC)NCC1C. The van der Waals surface area contributed by atoms with Crippen LogP contribution in [0.25, 0.3) is 0 Å². The van der Waals surface area contributed by atoms with E-state index in [1.165, 1.54) is 6.42 Å². The van der Waals surface area contributed by atoms with Gasteiger partial charge in [-0.1, -0.05) is 20.3 Å². The fourth-order valence-corrected chi connectivity index (χ4v) is 2.57. The molecule has 4 unspecified atom stereocenters. The van der Waals surface area contributed by atoms with Crippen LogP contribution >= 0.6 is 0 Å². The first-order valence-electron chi connectivity index (χ1n) is 7.16. The van der Waals surface area contributed by atoms with Crippen molar-refractivity contribution in [2.75, 3.05) is 26.3 Å². The second-order valence-electron chi connectivity index (χ2n) is 5.45. The maximum atomic E-state index is 5.56. The monoisotopic (exact) mass is 242 g/mol. The molecule has 1 saturated heterocycles. The van der Waals surface area contributed by atoms with Crippen molar-refractivity contribution in [3.63, 3.8) is 0 Å². The van der Waals surface area contributed by atoms with Crippen LogP contribution in [-0.4, -0.2) is 49.3 Å². The van der Waals surface area contributed by atoms with Crippen molar-refractivity contribution in [3.8, 4) is 0 Å². The molecule has 0 aliphatic carbocycles. The zero-order valence-corrected chi connectivity index (χ0v) is 12.2. The van der Waals surface area contributed by atoms with E-state index in [4.69, 9.17) is 4.74 Å². The van der Waals surface area contributed by atoms with Crippen LogP contribution in [0.4, 0.5) is 0 Å². The van der Waals surface area contributed by atoms with Gasteiger partial charge in [0.1, 0.15) is 0 Å². The summed E-state index contributed by atoms with van der Waals surface area (Å²) in [7, 11) is 0. The van der Waals surface area contributed by atoms with Crippen molar-refractivity contribution in [1.29, 1.82) is 0 Å². The molecule has 1 fully saturated rings. The predicted octanol–water partition coefficient (Wildman–Crippen LogP) is 2.12. The second kappa shape index (κ2) is 7.34. The van der Waals surface area contributed by atoms with Crippen LogP contribution in [0.5, 0.6) is 0 Å². The van der Waals surface area contributed by atoms with Crippen molar-refractivity contribution in [2.24, 2.45) is 5.92 Å². The van der Waals surface area contributed by atoms with Crippen LogP contribution in [0.2, 0.25) is 0 Å². The average Bonchev–Trinajstić information content (AvgIpc) is 2.35. The van der Waals surface area contributed by atoms with Gasteiger partial charge >= 0.3 is 0 Å². The Hall–Kier alpha value is -0.120. The summed E-state index contributed by atoms with van der Waals surface area (Å²) in [6.45, 7) is 15.2. The zero-order chi connectivity index (χ0) is 12.8. The molecular formula is C14H30N2O. The van der Waals surface area contributed by atoms with Crippen molar-refractivity contribution in [2.45, 2.75) is 59.2 Å². The lowest BCUT2D eigenvalue weighted by molar-refractivity contribution is 0.0264. The van der Waals surface area contributed by atoms with E-state index in [0.29, 0.717) is 18.1 Å². The third-order valence-corrected chi connectivity index (χ3v) is 4.11. The van der Waals surface area contributed by atoms with E-state index >= 15 is 0 Å². The molecule has 1 aliphatic heterocycles. The van der Waals surface area contributed by atoms with Gasteiger partial charge in [0.2, 0.25) is 0 Å². The van der Waals surface area contributed by atoms with Crippen molar-refractivity contribution in [3.05, 3.63) is 0 Å². The lowest BCUT2D eigenvalue weighted by atomic mass is 9.95. The normalized spacial score (nSPS) is 30.2. The third-order valence-electron chi connectivity index (χ3n) is 4.11. The lowest BCUT2D eigenvalue weighted by Gasteiger charge is -2.44. The van der Waals surface area contributed by atoms with Gasteiger partial charge in [-0.25, -0.2) is 0 Å². The summed E-state index contributed by atoms with van der Waals surface area (Å²) in [6.07, 6.45) is 1.25. The first kappa shape index (κ1) is 14.9. The average molecular weight is 242 g/mol.